The van der Waals surface area contributed by atoms with Crippen molar-refractivity contribution in [3.05, 3.63) is 0 Å². The van der Waals surface area contributed by atoms with E-state index in [0.29, 0.717) is 17.9 Å². The van der Waals surface area contributed by atoms with Crippen LogP contribution in [0.25, 0.3) is 0 Å². The lowest BCUT2D eigenvalue weighted by Gasteiger charge is -2.35. The summed E-state index contributed by atoms with van der Waals surface area (Å²) in [6.07, 6.45) is 7.22. The molecule has 3 heteroatoms. The molecule has 2 aliphatic rings. The van der Waals surface area contributed by atoms with E-state index in [-0.39, 0.29) is 5.41 Å². The van der Waals surface area contributed by atoms with E-state index in [0.717, 1.165) is 25.4 Å². The van der Waals surface area contributed by atoms with Gasteiger partial charge in [0.25, 0.3) is 0 Å². The van der Waals surface area contributed by atoms with Crippen LogP contribution in [-0.4, -0.2) is 25.0 Å². The molecule has 0 aromatic heterocycles. The zero-order valence-corrected chi connectivity index (χ0v) is 12.8. The summed E-state index contributed by atoms with van der Waals surface area (Å²) in [4.78, 5) is 12.7. The van der Waals surface area contributed by atoms with Crippen LogP contribution in [-0.2, 0) is 4.79 Å². The highest BCUT2D eigenvalue weighted by Crippen LogP contribution is 2.35. The molecule has 0 radical (unpaired) electrons. The van der Waals surface area contributed by atoms with E-state index in [9.17, 15) is 4.79 Å². The lowest BCUT2D eigenvalue weighted by molar-refractivity contribution is -0.133. The first-order chi connectivity index (χ1) is 9.08. The molecular formula is C16H30N2O. The normalized spacial score (nSPS) is 35.6. The second kappa shape index (κ2) is 6.25. The van der Waals surface area contributed by atoms with Crippen molar-refractivity contribution in [2.24, 2.45) is 17.3 Å². The Kier molecular flexibility index (Phi) is 4.88. The third-order valence-electron chi connectivity index (χ3n) is 5.44. The minimum atomic E-state index is -0.168. The highest BCUT2D eigenvalue weighted by Gasteiger charge is 2.44. The number of amides is 1. The Morgan fingerprint density at radius 3 is 2.79 bits per heavy atom. The van der Waals surface area contributed by atoms with E-state index in [1.54, 1.807) is 0 Å². The molecule has 1 heterocycles. The second-order valence-corrected chi connectivity index (χ2v) is 6.85. The zero-order chi connectivity index (χ0) is 13.9. The fraction of sp³-hybridized carbons (Fsp3) is 0.938. The van der Waals surface area contributed by atoms with E-state index in [1.807, 2.05) is 0 Å². The maximum atomic E-state index is 12.7. The number of hydrogen-bond acceptors (Lipinski definition) is 2. The standard InChI is InChI=1S/C16H30N2O/c1-4-13-6-5-7-14(10-13)18-15(19)16(12(2)3)8-9-17-11-16/h12-14,17H,4-11H2,1-3H3,(H,18,19). The molecule has 0 bridgehead atoms. The minimum Gasteiger partial charge on any atom is -0.353 e. The van der Waals surface area contributed by atoms with Crippen LogP contribution in [0.15, 0.2) is 0 Å². The molecule has 0 aromatic carbocycles. The highest BCUT2D eigenvalue weighted by atomic mass is 16.2. The van der Waals surface area contributed by atoms with Crippen molar-refractivity contribution in [2.45, 2.75) is 65.3 Å². The van der Waals surface area contributed by atoms with Crippen LogP contribution in [0.4, 0.5) is 0 Å². The van der Waals surface area contributed by atoms with E-state index in [2.05, 4.69) is 31.4 Å². The Labute approximate surface area is 117 Å². The van der Waals surface area contributed by atoms with Gasteiger partial charge in [-0.2, -0.15) is 0 Å². The molecule has 110 valence electrons. The van der Waals surface area contributed by atoms with Gasteiger partial charge in [-0.15, -0.1) is 0 Å². The molecule has 0 spiro atoms. The van der Waals surface area contributed by atoms with Crippen molar-refractivity contribution in [2.75, 3.05) is 13.1 Å². The first kappa shape index (κ1) is 14.8. The number of nitrogens with one attached hydrogen (secondary N) is 2. The molecule has 19 heavy (non-hydrogen) atoms. The fourth-order valence-corrected chi connectivity index (χ4v) is 3.78. The predicted octanol–water partition coefficient (Wildman–Crippen LogP) is 2.71. The Hall–Kier alpha value is -0.570. The van der Waals surface area contributed by atoms with Gasteiger partial charge in [-0.1, -0.05) is 40.0 Å². The van der Waals surface area contributed by atoms with Gasteiger partial charge in [-0.05, 0) is 37.6 Å². The summed E-state index contributed by atoms with van der Waals surface area (Å²) in [5.74, 6) is 1.53. The third-order valence-corrected chi connectivity index (χ3v) is 5.44. The average Bonchev–Trinajstić information content (AvgIpc) is 2.89. The van der Waals surface area contributed by atoms with Gasteiger partial charge in [-0.3, -0.25) is 4.79 Å². The van der Waals surface area contributed by atoms with Crippen molar-refractivity contribution in [3.63, 3.8) is 0 Å². The molecule has 1 aliphatic carbocycles. The van der Waals surface area contributed by atoms with Gasteiger partial charge in [0.15, 0.2) is 0 Å². The quantitative estimate of drug-likeness (QED) is 0.821. The highest BCUT2D eigenvalue weighted by molar-refractivity contribution is 5.83. The Morgan fingerprint density at radius 2 is 2.21 bits per heavy atom. The maximum absolute atomic E-state index is 12.7. The van der Waals surface area contributed by atoms with Crippen LogP contribution in [0.1, 0.15) is 59.3 Å². The largest absolute Gasteiger partial charge is 0.353 e. The third kappa shape index (κ3) is 3.13. The number of carbonyl (C=O) groups excluding carboxylic acids is 1. The Bertz CT molecular complexity index is 308. The van der Waals surface area contributed by atoms with E-state index >= 15 is 0 Å². The van der Waals surface area contributed by atoms with Gasteiger partial charge >= 0.3 is 0 Å². The molecule has 1 saturated carbocycles. The van der Waals surface area contributed by atoms with Crippen LogP contribution in [0, 0.1) is 17.3 Å². The zero-order valence-electron chi connectivity index (χ0n) is 12.8. The average molecular weight is 266 g/mol. The van der Waals surface area contributed by atoms with Crippen LogP contribution < -0.4 is 10.6 Å². The van der Waals surface area contributed by atoms with Gasteiger partial charge in [0.1, 0.15) is 0 Å². The molecule has 0 aromatic rings. The minimum absolute atomic E-state index is 0.168. The van der Waals surface area contributed by atoms with Crippen molar-refractivity contribution < 1.29 is 4.79 Å². The molecule has 2 N–H and O–H groups in total. The second-order valence-electron chi connectivity index (χ2n) is 6.85. The lowest BCUT2D eigenvalue weighted by Crippen LogP contribution is -2.50. The molecule has 1 saturated heterocycles. The van der Waals surface area contributed by atoms with Crippen LogP contribution in [0.2, 0.25) is 0 Å². The topological polar surface area (TPSA) is 41.1 Å². The van der Waals surface area contributed by atoms with E-state index < -0.39 is 0 Å². The lowest BCUT2D eigenvalue weighted by atomic mass is 9.75. The predicted molar refractivity (Wildman–Crippen MR) is 78.9 cm³/mol. The summed E-state index contributed by atoms with van der Waals surface area (Å²) >= 11 is 0. The molecule has 1 aliphatic heterocycles. The van der Waals surface area contributed by atoms with Gasteiger partial charge < -0.3 is 10.6 Å². The van der Waals surface area contributed by atoms with Gasteiger partial charge in [0, 0.05) is 12.6 Å². The molecule has 2 fully saturated rings. The van der Waals surface area contributed by atoms with E-state index in [4.69, 9.17) is 0 Å². The summed E-state index contributed by atoms with van der Waals surface area (Å²) in [5.41, 5.74) is -0.168. The van der Waals surface area contributed by atoms with Crippen molar-refractivity contribution in [1.29, 1.82) is 0 Å². The smallest absolute Gasteiger partial charge is 0.228 e. The van der Waals surface area contributed by atoms with Crippen molar-refractivity contribution >= 4 is 5.91 Å². The molecule has 3 nitrogen and oxygen atoms in total. The molecular weight excluding hydrogens is 236 g/mol. The summed E-state index contributed by atoms with van der Waals surface area (Å²) in [6, 6.07) is 0.419. The molecule has 3 atom stereocenters. The number of carbonyl (C=O) groups is 1. The Balaban J connectivity index is 1.95. The first-order valence-electron chi connectivity index (χ1n) is 8.10. The van der Waals surface area contributed by atoms with Crippen LogP contribution in [0.5, 0.6) is 0 Å². The summed E-state index contributed by atoms with van der Waals surface area (Å²) < 4.78 is 0. The van der Waals surface area contributed by atoms with Crippen LogP contribution >= 0.6 is 0 Å². The Morgan fingerprint density at radius 1 is 1.42 bits per heavy atom. The fourth-order valence-electron chi connectivity index (χ4n) is 3.78. The summed E-state index contributed by atoms with van der Waals surface area (Å²) in [7, 11) is 0. The molecule has 1 amide bonds. The number of rotatable bonds is 4. The summed E-state index contributed by atoms with van der Waals surface area (Å²) in [5, 5.41) is 6.74. The maximum Gasteiger partial charge on any atom is 0.228 e. The molecule has 3 unspecified atom stereocenters. The van der Waals surface area contributed by atoms with Gasteiger partial charge in [0.2, 0.25) is 5.91 Å². The van der Waals surface area contributed by atoms with Crippen molar-refractivity contribution in [1.82, 2.24) is 10.6 Å². The van der Waals surface area contributed by atoms with Gasteiger partial charge in [0.05, 0.1) is 5.41 Å². The van der Waals surface area contributed by atoms with Gasteiger partial charge in [-0.25, -0.2) is 0 Å². The first-order valence-corrected chi connectivity index (χ1v) is 8.10. The molecule has 2 rings (SSSR count). The monoisotopic (exact) mass is 266 g/mol. The van der Waals surface area contributed by atoms with E-state index in [1.165, 1.54) is 32.1 Å². The SMILES string of the molecule is CCC1CCCC(NC(=O)C2(C(C)C)CCNC2)C1. The summed E-state index contributed by atoms with van der Waals surface area (Å²) in [6.45, 7) is 8.46. The van der Waals surface area contributed by atoms with Crippen molar-refractivity contribution in [3.8, 4) is 0 Å². The number of hydrogen-bond donors (Lipinski definition) is 2. The van der Waals surface area contributed by atoms with Crippen LogP contribution in [0.3, 0.4) is 0 Å².